The van der Waals surface area contributed by atoms with Crippen LogP contribution in [-0.4, -0.2) is 0 Å². The van der Waals surface area contributed by atoms with Crippen molar-refractivity contribution in [2.45, 2.75) is 80.1 Å². The fourth-order valence-corrected chi connectivity index (χ4v) is 4.32. The Morgan fingerprint density at radius 3 is 2.21 bits per heavy atom. The van der Waals surface area contributed by atoms with Gasteiger partial charge in [-0.05, 0) is 68.1 Å². The van der Waals surface area contributed by atoms with Crippen molar-refractivity contribution in [3.8, 4) is 0 Å². The van der Waals surface area contributed by atoms with Gasteiger partial charge in [0.25, 0.3) is 0 Å². The molecule has 29 heavy (non-hydrogen) atoms. The fourth-order valence-electron chi connectivity index (χ4n) is 4.32. The van der Waals surface area contributed by atoms with Crippen molar-refractivity contribution >= 4 is 5.57 Å². The van der Waals surface area contributed by atoms with Crippen molar-refractivity contribution in [1.29, 1.82) is 0 Å². The van der Waals surface area contributed by atoms with E-state index in [1.54, 1.807) is 0 Å². The Kier molecular flexibility index (Phi) is 12.4. The molecule has 160 valence electrons. The van der Waals surface area contributed by atoms with E-state index in [0.29, 0.717) is 17.8 Å². The SMILES string of the molecule is C=C(c1ccccc1)C(CC)C(/C=C(C)/C(C)=C\C=C/C)C(CC)CCCCC. The number of allylic oxidation sites excluding steroid dienone is 7. The monoisotopic (exact) mass is 392 g/mol. The lowest BCUT2D eigenvalue weighted by Gasteiger charge is -2.33. The average Bonchev–Trinajstić information content (AvgIpc) is 2.75. The van der Waals surface area contributed by atoms with Crippen molar-refractivity contribution in [3.63, 3.8) is 0 Å². The first-order chi connectivity index (χ1) is 14.0. The minimum atomic E-state index is 0.480. The summed E-state index contributed by atoms with van der Waals surface area (Å²) in [5, 5.41) is 0. The molecule has 0 heterocycles. The van der Waals surface area contributed by atoms with Gasteiger partial charge in [-0.25, -0.2) is 0 Å². The molecule has 1 rings (SSSR count). The van der Waals surface area contributed by atoms with Gasteiger partial charge in [-0.3, -0.25) is 0 Å². The maximum absolute atomic E-state index is 4.58. The van der Waals surface area contributed by atoms with Gasteiger partial charge in [0, 0.05) is 0 Å². The third-order valence-corrected chi connectivity index (χ3v) is 6.35. The zero-order valence-electron chi connectivity index (χ0n) is 19.9. The van der Waals surface area contributed by atoms with Gasteiger partial charge < -0.3 is 0 Å². The van der Waals surface area contributed by atoms with Crippen molar-refractivity contribution in [3.05, 3.63) is 77.9 Å². The third-order valence-electron chi connectivity index (χ3n) is 6.35. The van der Waals surface area contributed by atoms with E-state index in [1.807, 2.05) is 0 Å². The molecule has 0 aliphatic carbocycles. The van der Waals surface area contributed by atoms with Crippen LogP contribution in [0.25, 0.3) is 5.57 Å². The van der Waals surface area contributed by atoms with Crippen LogP contribution in [0.3, 0.4) is 0 Å². The highest BCUT2D eigenvalue weighted by Gasteiger charge is 2.28. The average molecular weight is 393 g/mol. The Bertz CT molecular complexity index is 671. The van der Waals surface area contributed by atoms with Gasteiger partial charge in [0.2, 0.25) is 0 Å². The van der Waals surface area contributed by atoms with Gasteiger partial charge in [0.15, 0.2) is 0 Å². The Morgan fingerprint density at radius 1 is 0.966 bits per heavy atom. The van der Waals surface area contributed by atoms with Crippen LogP contribution in [0.5, 0.6) is 0 Å². The van der Waals surface area contributed by atoms with Crippen LogP contribution >= 0.6 is 0 Å². The molecule has 0 spiro atoms. The molecule has 1 aromatic carbocycles. The topological polar surface area (TPSA) is 0 Å². The van der Waals surface area contributed by atoms with Crippen molar-refractivity contribution < 1.29 is 0 Å². The molecule has 1 aromatic rings. The van der Waals surface area contributed by atoms with Crippen LogP contribution in [0.2, 0.25) is 0 Å². The normalized spacial score (nSPS) is 16.1. The van der Waals surface area contributed by atoms with Gasteiger partial charge in [-0.15, -0.1) is 0 Å². The zero-order chi connectivity index (χ0) is 21.6. The highest BCUT2D eigenvalue weighted by Crippen LogP contribution is 2.39. The highest BCUT2D eigenvalue weighted by molar-refractivity contribution is 5.65. The van der Waals surface area contributed by atoms with Crippen LogP contribution in [0, 0.1) is 17.8 Å². The molecule has 0 saturated heterocycles. The second kappa shape index (κ2) is 14.2. The summed E-state index contributed by atoms with van der Waals surface area (Å²) in [6, 6.07) is 10.8. The molecular weight excluding hydrogens is 348 g/mol. The Hall–Kier alpha value is -1.82. The second-order valence-electron chi connectivity index (χ2n) is 8.37. The zero-order valence-corrected chi connectivity index (χ0v) is 19.9. The van der Waals surface area contributed by atoms with E-state index in [0.717, 1.165) is 6.42 Å². The number of hydrogen-bond donors (Lipinski definition) is 0. The predicted octanol–water partition coefficient (Wildman–Crippen LogP) is 9.42. The molecule has 0 bridgehead atoms. The first-order valence-corrected chi connectivity index (χ1v) is 11.7. The highest BCUT2D eigenvalue weighted by atomic mass is 14.3. The maximum atomic E-state index is 4.58. The molecule has 0 radical (unpaired) electrons. The summed E-state index contributed by atoms with van der Waals surface area (Å²) in [6.45, 7) is 18.2. The first-order valence-electron chi connectivity index (χ1n) is 11.7. The van der Waals surface area contributed by atoms with Gasteiger partial charge in [-0.1, -0.05) is 113 Å². The molecule has 0 N–H and O–H groups in total. The first kappa shape index (κ1) is 25.2. The molecule has 0 fully saturated rings. The van der Waals surface area contributed by atoms with E-state index in [2.05, 4.69) is 103 Å². The van der Waals surface area contributed by atoms with Crippen molar-refractivity contribution in [2.75, 3.05) is 0 Å². The van der Waals surface area contributed by atoms with Gasteiger partial charge in [0.1, 0.15) is 0 Å². The van der Waals surface area contributed by atoms with E-state index >= 15 is 0 Å². The smallest absolute Gasteiger partial charge is 0.00987 e. The Balaban J connectivity index is 3.30. The summed E-state index contributed by atoms with van der Waals surface area (Å²) in [4.78, 5) is 0. The molecule has 0 aliphatic heterocycles. The molecule has 0 amide bonds. The summed E-state index contributed by atoms with van der Waals surface area (Å²) >= 11 is 0. The lowest BCUT2D eigenvalue weighted by molar-refractivity contribution is 0.286. The van der Waals surface area contributed by atoms with Crippen molar-refractivity contribution in [1.82, 2.24) is 0 Å². The van der Waals surface area contributed by atoms with Gasteiger partial charge in [-0.2, -0.15) is 0 Å². The molecule has 0 aromatic heterocycles. The number of unbranched alkanes of at least 4 members (excludes halogenated alkanes) is 2. The van der Waals surface area contributed by atoms with Crippen LogP contribution < -0.4 is 0 Å². The summed E-state index contributed by atoms with van der Waals surface area (Å²) in [5.74, 6) is 1.72. The molecule has 3 unspecified atom stereocenters. The standard InChI is InChI=1S/C29H44/c1-8-12-15-19-26(10-3)29(22-24(6)23(5)18-13-9-2)28(11-4)25(7)27-20-16-14-17-21-27/h9,13-14,16-18,20-22,26,28-29H,7-8,10-12,15,19H2,1-6H3/b13-9-,23-18-,24-22+. The molecule has 0 nitrogen and oxygen atoms in total. The minimum Gasteiger partial charge on any atom is -0.0949 e. The van der Waals surface area contributed by atoms with Crippen LogP contribution in [0.4, 0.5) is 0 Å². The summed E-state index contributed by atoms with van der Waals surface area (Å²) in [6.07, 6.45) is 16.7. The molecule has 0 aliphatic rings. The van der Waals surface area contributed by atoms with Crippen LogP contribution in [-0.2, 0) is 0 Å². The van der Waals surface area contributed by atoms with Crippen LogP contribution in [0.15, 0.2) is 72.4 Å². The summed E-state index contributed by atoms with van der Waals surface area (Å²) < 4.78 is 0. The Labute approximate surface area is 181 Å². The summed E-state index contributed by atoms with van der Waals surface area (Å²) in [5.41, 5.74) is 5.35. The number of benzene rings is 1. The molecule has 3 atom stereocenters. The predicted molar refractivity (Wildman–Crippen MR) is 133 cm³/mol. The van der Waals surface area contributed by atoms with E-state index in [9.17, 15) is 0 Å². The quantitative estimate of drug-likeness (QED) is 0.231. The maximum Gasteiger partial charge on any atom is -0.00987 e. The fraction of sp³-hybridized carbons (Fsp3) is 0.517. The lowest BCUT2D eigenvalue weighted by Crippen LogP contribution is -2.23. The Morgan fingerprint density at radius 2 is 1.66 bits per heavy atom. The number of rotatable bonds is 13. The van der Waals surface area contributed by atoms with Crippen molar-refractivity contribution in [2.24, 2.45) is 17.8 Å². The van der Waals surface area contributed by atoms with Crippen LogP contribution in [0.1, 0.15) is 85.6 Å². The molecular formula is C29H44. The van der Waals surface area contributed by atoms with E-state index in [-0.39, 0.29) is 0 Å². The van der Waals surface area contributed by atoms with E-state index in [4.69, 9.17) is 0 Å². The van der Waals surface area contributed by atoms with Gasteiger partial charge >= 0.3 is 0 Å². The van der Waals surface area contributed by atoms with E-state index < -0.39 is 0 Å². The van der Waals surface area contributed by atoms with Gasteiger partial charge in [0.05, 0.1) is 0 Å². The van der Waals surface area contributed by atoms with E-state index in [1.165, 1.54) is 54.4 Å². The third kappa shape index (κ3) is 8.21. The minimum absolute atomic E-state index is 0.480. The molecule has 0 heteroatoms. The lowest BCUT2D eigenvalue weighted by atomic mass is 9.71. The number of hydrogen-bond acceptors (Lipinski definition) is 0. The summed E-state index contributed by atoms with van der Waals surface area (Å²) in [7, 11) is 0. The second-order valence-corrected chi connectivity index (χ2v) is 8.37. The largest absolute Gasteiger partial charge is 0.0949 e. The molecule has 0 saturated carbocycles.